The van der Waals surface area contributed by atoms with Crippen LogP contribution in [0.1, 0.15) is 11.1 Å². The van der Waals surface area contributed by atoms with E-state index in [2.05, 4.69) is 14.6 Å². The van der Waals surface area contributed by atoms with Gasteiger partial charge in [-0.05, 0) is 29.8 Å². The lowest BCUT2D eigenvalue weighted by molar-refractivity contribution is -0.139. The first-order valence-corrected chi connectivity index (χ1v) is 8.72. The second kappa shape index (κ2) is 9.09. The van der Waals surface area contributed by atoms with E-state index in [0.717, 1.165) is 18.2 Å². The Hall–Kier alpha value is -3.86. The highest BCUT2D eigenvalue weighted by molar-refractivity contribution is 5.73. The standard InChI is InChI=1S/C22H15F3N2O3/c1-26-15-5-4-14(18(24)11-15)12-30-20-8-7-17(23)22(27-20)16-6-3-13(9-19(16)25)10-21(28)29-2/h3-9,11H,10,12H2,2H3. The van der Waals surface area contributed by atoms with E-state index in [1.54, 1.807) is 0 Å². The Morgan fingerprint density at radius 3 is 2.50 bits per heavy atom. The Labute approximate surface area is 170 Å². The maximum absolute atomic E-state index is 14.5. The second-order valence-electron chi connectivity index (χ2n) is 6.22. The zero-order chi connectivity index (χ0) is 21.7. The van der Waals surface area contributed by atoms with Crippen LogP contribution in [0.25, 0.3) is 16.1 Å². The zero-order valence-electron chi connectivity index (χ0n) is 15.8. The molecule has 0 bridgehead atoms. The largest absolute Gasteiger partial charge is 0.473 e. The minimum atomic E-state index is -0.769. The predicted octanol–water partition coefficient (Wildman–Crippen LogP) is 5.01. The van der Waals surface area contributed by atoms with E-state index in [1.165, 1.54) is 37.4 Å². The third-order valence-corrected chi connectivity index (χ3v) is 4.23. The van der Waals surface area contributed by atoms with Gasteiger partial charge in [0.25, 0.3) is 0 Å². The molecule has 5 nitrogen and oxygen atoms in total. The molecule has 0 N–H and O–H groups in total. The molecular weight excluding hydrogens is 397 g/mol. The number of carbonyl (C=O) groups is 1. The van der Waals surface area contributed by atoms with Gasteiger partial charge in [0, 0.05) is 17.2 Å². The number of esters is 1. The minimum Gasteiger partial charge on any atom is -0.473 e. The quantitative estimate of drug-likeness (QED) is 0.422. The number of rotatable bonds is 6. The van der Waals surface area contributed by atoms with Crippen molar-refractivity contribution >= 4 is 11.7 Å². The summed E-state index contributed by atoms with van der Waals surface area (Å²) in [5.41, 5.74) is 0.324. The van der Waals surface area contributed by atoms with Crippen LogP contribution in [-0.2, 0) is 22.6 Å². The SMILES string of the molecule is [C-]#[N+]c1ccc(COc2ccc(F)c(-c3ccc(CC(=O)OC)cc3F)n2)c(F)c1. The van der Waals surface area contributed by atoms with Gasteiger partial charge in [0.1, 0.15) is 29.8 Å². The van der Waals surface area contributed by atoms with Crippen molar-refractivity contribution in [3.63, 3.8) is 0 Å². The molecule has 0 atom stereocenters. The van der Waals surface area contributed by atoms with Crippen molar-refractivity contribution in [1.29, 1.82) is 0 Å². The first kappa shape index (κ1) is 20.9. The number of aromatic nitrogens is 1. The Morgan fingerprint density at radius 2 is 1.83 bits per heavy atom. The molecule has 0 saturated carbocycles. The Kier molecular flexibility index (Phi) is 6.32. The fourth-order valence-electron chi connectivity index (χ4n) is 2.67. The van der Waals surface area contributed by atoms with Gasteiger partial charge in [-0.25, -0.2) is 23.0 Å². The van der Waals surface area contributed by atoms with Crippen molar-refractivity contribution in [2.24, 2.45) is 0 Å². The summed E-state index contributed by atoms with van der Waals surface area (Å²) < 4.78 is 52.7. The summed E-state index contributed by atoms with van der Waals surface area (Å²) in [5.74, 6) is -2.70. The van der Waals surface area contributed by atoms with E-state index in [9.17, 15) is 18.0 Å². The van der Waals surface area contributed by atoms with E-state index >= 15 is 0 Å². The molecule has 0 unspecified atom stereocenters. The number of nitrogens with zero attached hydrogens (tertiary/aromatic N) is 2. The first-order chi connectivity index (χ1) is 14.4. The zero-order valence-corrected chi connectivity index (χ0v) is 15.8. The van der Waals surface area contributed by atoms with Crippen LogP contribution >= 0.6 is 0 Å². The fourth-order valence-corrected chi connectivity index (χ4v) is 2.67. The maximum atomic E-state index is 14.5. The summed E-state index contributed by atoms with van der Waals surface area (Å²) in [4.78, 5) is 18.4. The van der Waals surface area contributed by atoms with Gasteiger partial charge in [0.15, 0.2) is 5.69 Å². The summed E-state index contributed by atoms with van der Waals surface area (Å²) in [6, 6.07) is 10.1. The number of methoxy groups -OCH3 is 1. The van der Waals surface area contributed by atoms with E-state index in [4.69, 9.17) is 11.3 Å². The Bertz CT molecular complexity index is 1140. The summed E-state index contributed by atoms with van der Waals surface area (Å²) in [5, 5.41) is 0. The Morgan fingerprint density at radius 1 is 1.03 bits per heavy atom. The van der Waals surface area contributed by atoms with E-state index < -0.39 is 23.4 Å². The van der Waals surface area contributed by atoms with Crippen molar-refractivity contribution in [3.8, 4) is 17.1 Å². The molecule has 1 aromatic heterocycles. The molecule has 0 aliphatic heterocycles. The molecule has 30 heavy (non-hydrogen) atoms. The molecule has 1 heterocycles. The molecule has 0 spiro atoms. The van der Waals surface area contributed by atoms with E-state index in [0.29, 0.717) is 5.56 Å². The van der Waals surface area contributed by atoms with Crippen LogP contribution in [0.15, 0.2) is 48.5 Å². The molecule has 2 aromatic carbocycles. The highest BCUT2D eigenvalue weighted by Gasteiger charge is 2.15. The molecule has 0 radical (unpaired) electrons. The van der Waals surface area contributed by atoms with Gasteiger partial charge in [-0.3, -0.25) is 4.79 Å². The number of hydrogen-bond donors (Lipinski definition) is 0. The van der Waals surface area contributed by atoms with Gasteiger partial charge in [0.05, 0.1) is 20.1 Å². The molecule has 0 saturated heterocycles. The van der Waals surface area contributed by atoms with Gasteiger partial charge < -0.3 is 9.47 Å². The van der Waals surface area contributed by atoms with Crippen molar-refractivity contribution in [1.82, 2.24) is 4.98 Å². The van der Waals surface area contributed by atoms with Gasteiger partial charge in [0.2, 0.25) is 5.88 Å². The van der Waals surface area contributed by atoms with Crippen LogP contribution in [0.5, 0.6) is 5.88 Å². The highest BCUT2D eigenvalue weighted by Crippen LogP contribution is 2.27. The molecule has 3 rings (SSSR count). The monoisotopic (exact) mass is 412 g/mol. The predicted molar refractivity (Wildman–Crippen MR) is 102 cm³/mol. The smallest absolute Gasteiger partial charge is 0.309 e. The van der Waals surface area contributed by atoms with Gasteiger partial charge >= 0.3 is 5.97 Å². The molecule has 0 aliphatic rings. The fraction of sp³-hybridized carbons (Fsp3) is 0.136. The summed E-state index contributed by atoms with van der Waals surface area (Å²) in [6.45, 7) is 6.67. The molecule has 3 aromatic rings. The first-order valence-electron chi connectivity index (χ1n) is 8.72. The third kappa shape index (κ3) is 4.75. The van der Waals surface area contributed by atoms with Gasteiger partial charge in [-0.15, -0.1) is 0 Å². The van der Waals surface area contributed by atoms with Crippen molar-refractivity contribution in [2.75, 3.05) is 7.11 Å². The molecule has 0 aliphatic carbocycles. The average molecular weight is 412 g/mol. The number of benzene rings is 2. The molecule has 0 fully saturated rings. The van der Waals surface area contributed by atoms with Gasteiger partial charge in [-0.2, -0.15) is 0 Å². The summed E-state index contributed by atoms with van der Waals surface area (Å²) >= 11 is 0. The van der Waals surface area contributed by atoms with Crippen molar-refractivity contribution < 1.29 is 27.4 Å². The second-order valence-corrected chi connectivity index (χ2v) is 6.22. The van der Waals surface area contributed by atoms with E-state index in [1.807, 2.05) is 0 Å². The molecular formula is C22H15F3N2O3. The van der Waals surface area contributed by atoms with Crippen LogP contribution < -0.4 is 4.74 Å². The number of carbonyl (C=O) groups excluding carboxylic acids is 1. The minimum absolute atomic E-state index is 0.0295. The van der Waals surface area contributed by atoms with Crippen molar-refractivity contribution in [3.05, 3.63) is 88.5 Å². The number of halogens is 3. The lowest BCUT2D eigenvalue weighted by Gasteiger charge is -2.10. The Balaban J connectivity index is 1.82. The van der Waals surface area contributed by atoms with Crippen LogP contribution in [0.3, 0.4) is 0 Å². The topological polar surface area (TPSA) is 52.8 Å². The highest BCUT2D eigenvalue weighted by atomic mass is 19.1. The third-order valence-electron chi connectivity index (χ3n) is 4.23. The maximum Gasteiger partial charge on any atom is 0.309 e. The number of pyridine rings is 1. The molecule has 8 heteroatoms. The van der Waals surface area contributed by atoms with E-state index in [-0.39, 0.29) is 41.4 Å². The number of ether oxygens (including phenoxy) is 2. The average Bonchev–Trinajstić information content (AvgIpc) is 2.74. The van der Waals surface area contributed by atoms with Gasteiger partial charge in [-0.1, -0.05) is 18.2 Å². The normalized spacial score (nSPS) is 10.4. The molecule has 152 valence electrons. The summed E-state index contributed by atoms with van der Waals surface area (Å²) in [6.07, 6.45) is -0.120. The lowest BCUT2D eigenvalue weighted by Crippen LogP contribution is -2.05. The van der Waals surface area contributed by atoms with Crippen LogP contribution in [-0.4, -0.2) is 18.1 Å². The molecule has 0 amide bonds. The van der Waals surface area contributed by atoms with Crippen LogP contribution in [0.4, 0.5) is 18.9 Å². The van der Waals surface area contributed by atoms with Crippen LogP contribution in [0, 0.1) is 24.0 Å². The van der Waals surface area contributed by atoms with Crippen molar-refractivity contribution in [2.45, 2.75) is 13.0 Å². The van der Waals surface area contributed by atoms with Crippen LogP contribution in [0.2, 0.25) is 0 Å². The summed E-state index contributed by atoms with van der Waals surface area (Å²) in [7, 11) is 1.23. The lowest BCUT2D eigenvalue weighted by atomic mass is 10.1. The number of hydrogen-bond acceptors (Lipinski definition) is 4.